The molecular formula is C30H32F6O. The molecule has 2 aliphatic rings. The fraction of sp³-hybridized carbons (Fsp3) is 0.467. The molecule has 2 aromatic carbocycles. The normalized spacial score (nSPS) is 22.4. The van der Waals surface area contributed by atoms with Gasteiger partial charge in [-0.25, -0.2) is 8.78 Å². The molecular weight excluding hydrogens is 490 g/mol. The summed E-state index contributed by atoms with van der Waals surface area (Å²) in [4.78, 5) is 0. The first kappa shape index (κ1) is 27.3. The minimum absolute atomic E-state index is 0.00529. The first-order chi connectivity index (χ1) is 17.6. The topological polar surface area (TPSA) is 9.23 Å². The largest absolute Gasteiger partial charge is 0.426 e. The SMILES string of the molecule is CCCC1CC=C(c2ccc(C3CCC(c4ccc(OC(F)(F)C=C(F)F)c(F)c4)CC3)c(F)c2)CC1. The minimum Gasteiger partial charge on any atom is -0.426 e. The lowest BCUT2D eigenvalue weighted by Crippen LogP contribution is -2.22. The maximum atomic E-state index is 15.1. The van der Waals surface area contributed by atoms with Crippen molar-refractivity contribution in [2.45, 2.75) is 82.7 Å². The molecule has 0 spiro atoms. The van der Waals surface area contributed by atoms with Crippen molar-refractivity contribution in [1.29, 1.82) is 0 Å². The highest BCUT2D eigenvalue weighted by Crippen LogP contribution is 2.43. The Balaban J connectivity index is 1.37. The van der Waals surface area contributed by atoms with Crippen LogP contribution in [0, 0.1) is 17.6 Å². The van der Waals surface area contributed by atoms with E-state index in [9.17, 15) is 22.0 Å². The lowest BCUT2D eigenvalue weighted by molar-refractivity contribution is -0.135. The van der Waals surface area contributed by atoms with Crippen LogP contribution in [0.4, 0.5) is 26.3 Å². The number of rotatable bonds is 8. The van der Waals surface area contributed by atoms with E-state index in [1.807, 2.05) is 12.1 Å². The molecule has 1 nitrogen and oxygen atoms in total. The summed E-state index contributed by atoms with van der Waals surface area (Å²) in [6.45, 7) is 2.20. The van der Waals surface area contributed by atoms with Crippen molar-refractivity contribution < 1.29 is 31.1 Å². The van der Waals surface area contributed by atoms with E-state index < -0.39 is 29.8 Å². The Labute approximate surface area is 214 Å². The second kappa shape index (κ2) is 11.8. The van der Waals surface area contributed by atoms with E-state index in [2.05, 4.69) is 17.7 Å². The van der Waals surface area contributed by atoms with Crippen LogP contribution in [0.2, 0.25) is 0 Å². The number of halogens is 6. The van der Waals surface area contributed by atoms with Crippen LogP contribution >= 0.6 is 0 Å². The van der Waals surface area contributed by atoms with E-state index in [0.29, 0.717) is 24.0 Å². The molecule has 0 saturated heterocycles. The Morgan fingerprint density at radius 2 is 1.68 bits per heavy atom. The van der Waals surface area contributed by atoms with Gasteiger partial charge >= 0.3 is 6.11 Å². The smallest absolute Gasteiger partial charge is 0.425 e. The van der Waals surface area contributed by atoms with Crippen LogP contribution in [0.5, 0.6) is 5.75 Å². The van der Waals surface area contributed by atoms with E-state index in [1.165, 1.54) is 24.5 Å². The number of ether oxygens (including phenoxy) is 1. The van der Waals surface area contributed by atoms with Crippen LogP contribution in [-0.2, 0) is 0 Å². The molecule has 37 heavy (non-hydrogen) atoms. The van der Waals surface area contributed by atoms with Crippen LogP contribution in [-0.4, -0.2) is 6.11 Å². The molecule has 0 radical (unpaired) electrons. The van der Waals surface area contributed by atoms with Gasteiger partial charge < -0.3 is 4.74 Å². The average Bonchev–Trinajstić information content (AvgIpc) is 2.85. The molecule has 4 rings (SSSR count). The third kappa shape index (κ3) is 6.99. The molecule has 0 amide bonds. The van der Waals surface area contributed by atoms with Gasteiger partial charge in [0.1, 0.15) is 5.82 Å². The average molecular weight is 523 g/mol. The van der Waals surface area contributed by atoms with E-state index >= 15 is 4.39 Å². The number of alkyl halides is 2. The summed E-state index contributed by atoms with van der Waals surface area (Å²) in [5.74, 6) is -1.23. The number of hydrogen-bond acceptors (Lipinski definition) is 1. The van der Waals surface area contributed by atoms with Crippen molar-refractivity contribution >= 4 is 5.57 Å². The zero-order valence-electron chi connectivity index (χ0n) is 20.9. The van der Waals surface area contributed by atoms with Crippen molar-refractivity contribution in [3.05, 3.63) is 83.0 Å². The Morgan fingerprint density at radius 3 is 2.27 bits per heavy atom. The molecule has 2 aliphatic carbocycles. The second-order valence-electron chi connectivity index (χ2n) is 10.2. The zero-order valence-corrected chi connectivity index (χ0v) is 20.9. The van der Waals surface area contributed by atoms with Gasteiger partial charge in [-0.1, -0.05) is 44.0 Å². The maximum absolute atomic E-state index is 15.1. The van der Waals surface area contributed by atoms with Crippen LogP contribution in [0.15, 0.2) is 54.6 Å². The molecule has 0 aliphatic heterocycles. The van der Waals surface area contributed by atoms with Crippen LogP contribution in [0.1, 0.15) is 93.2 Å². The fourth-order valence-electron chi connectivity index (χ4n) is 5.77. The highest BCUT2D eigenvalue weighted by Gasteiger charge is 2.32. The molecule has 7 heteroatoms. The summed E-state index contributed by atoms with van der Waals surface area (Å²) < 4.78 is 84.8. The monoisotopic (exact) mass is 522 g/mol. The van der Waals surface area contributed by atoms with Crippen LogP contribution in [0.3, 0.4) is 0 Å². The number of allylic oxidation sites excluding steroid dienone is 2. The van der Waals surface area contributed by atoms with Crippen molar-refractivity contribution in [3.8, 4) is 5.75 Å². The molecule has 0 N–H and O–H groups in total. The summed E-state index contributed by atoms with van der Waals surface area (Å²) in [5.41, 5.74) is 3.51. The summed E-state index contributed by atoms with van der Waals surface area (Å²) >= 11 is 0. The lowest BCUT2D eigenvalue weighted by Gasteiger charge is -2.30. The van der Waals surface area contributed by atoms with Crippen molar-refractivity contribution in [3.63, 3.8) is 0 Å². The van der Waals surface area contributed by atoms with Gasteiger partial charge in [-0.2, -0.15) is 17.6 Å². The minimum atomic E-state index is -4.32. The number of hydrogen-bond donors (Lipinski definition) is 0. The molecule has 200 valence electrons. The molecule has 1 atom stereocenters. The van der Waals surface area contributed by atoms with Gasteiger partial charge in [0.15, 0.2) is 11.6 Å². The molecule has 0 heterocycles. The molecule has 1 fully saturated rings. The Bertz CT molecular complexity index is 1140. The zero-order chi connectivity index (χ0) is 26.6. The summed E-state index contributed by atoms with van der Waals surface area (Å²) in [6.07, 6.45) is 3.12. The van der Waals surface area contributed by atoms with Crippen LogP contribution in [0.25, 0.3) is 5.57 Å². The van der Waals surface area contributed by atoms with E-state index in [0.717, 1.165) is 55.7 Å². The predicted molar refractivity (Wildman–Crippen MR) is 133 cm³/mol. The summed E-state index contributed by atoms with van der Waals surface area (Å²) in [6, 6.07) is 9.20. The molecule has 1 unspecified atom stereocenters. The van der Waals surface area contributed by atoms with Gasteiger partial charge in [0, 0.05) is 0 Å². The fourth-order valence-corrected chi connectivity index (χ4v) is 5.77. The molecule has 2 aromatic rings. The maximum Gasteiger partial charge on any atom is 0.425 e. The predicted octanol–water partition coefficient (Wildman–Crippen LogP) is 10.1. The third-order valence-electron chi connectivity index (χ3n) is 7.71. The second-order valence-corrected chi connectivity index (χ2v) is 10.2. The summed E-state index contributed by atoms with van der Waals surface area (Å²) in [7, 11) is 0. The lowest BCUT2D eigenvalue weighted by atomic mass is 9.75. The van der Waals surface area contributed by atoms with Gasteiger partial charge in [-0.15, -0.1) is 0 Å². The van der Waals surface area contributed by atoms with E-state index in [4.69, 9.17) is 0 Å². The summed E-state index contributed by atoms with van der Waals surface area (Å²) in [5, 5.41) is 0. The standard InChI is InChI=1S/C30H32F6O/c1-2-3-19-4-6-20(7-5-19)23-12-14-25(26(31)16-23)22-10-8-21(9-11-22)24-13-15-28(27(32)17-24)37-30(35,36)18-29(33)34/h6,12-19,21-22H,2-5,7-11H2,1H3. The highest BCUT2D eigenvalue weighted by atomic mass is 19.3. The first-order valence-electron chi connectivity index (χ1n) is 13.0. The first-order valence-corrected chi connectivity index (χ1v) is 13.0. The van der Waals surface area contributed by atoms with E-state index in [-0.39, 0.29) is 17.7 Å². The van der Waals surface area contributed by atoms with Crippen molar-refractivity contribution in [2.75, 3.05) is 0 Å². The van der Waals surface area contributed by atoms with Crippen molar-refractivity contribution in [1.82, 2.24) is 0 Å². The quantitative estimate of drug-likeness (QED) is 0.314. The van der Waals surface area contributed by atoms with E-state index in [1.54, 1.807) is 6.07 Å². The highest BCUT2D eigenvalue weighted by molar-refractivity contribution is 5.66. The molecule has 1 saturated carbocycles. The third-order valence-corrected chi connectivity index (χ3v) is 7.71. The van der Waals surface area contributed by atoms with Crippen LogP contribution < -0.4 is 4.74 Å². The van der Waals surface area contributed by atoms with Gasteiger partial charge in [0.2, 0.25) is 0 Å². The van der Waals surface area contributed by atoms with Gasteiger partial charge in [0.25, 0.3) is 6.08 Å². The van der Waals surface area contributed by atoms with Gasteiger partial charge in [-0.3, -0.25) is 0 Å². The Kier molecular flexibility index (Phi) is 8.71. The van der Waals surface area contributed by atoms with Crippen molar-refractivity contribution in [2.24, 2.45) is 5.92 Å². The molecule has 0 bridgehead atoms. The molecule has 0 aromatic heterocycles. The van der Waals surface area contributed by atoms with Gasteiger partial charge in [-0.05, 0) is 103 Å². The Hall–Kier alpha value is -2.70. The number of benzene rings is 2. The Morgan fingerprint density at radius 1 is 0.946 bits per heavy atom. The van der Waals surface area contributed by atoms with Gasteiger partial charge in [0.05, 0.1) is 6.08 Å².